The lowest BCUT2D eigenvalue weighted by molar-refractivity contribution is -0.129. The average Bonchev–Trinajstić information content (AvgIpc) is 3.51. The summed E-state index contributed by atoms with van der Waals surface area (Å²) in [5, 5.41) is 8.25. The fourth-order valence-electron chi connectivity index (χ4n) is 5.45. The first kappa shape index (κ1) is 37.7. The zero-order valence-electron chi connectivity index (χ0n) is 29.2. The highest BCUT2D eigenvalue weighted by molar-refractivity contribution is 8.00. The van der Waals surface area contributed by atoms with Gasteiger partial charge in [0.1, 0.15) is 10.7 Å². The summed E-state index contributed by atoms with van der Waals surface area (Å²) in [6, 6.07) is 20.6. The molecule has 3 aromatic carbocycles. The summed E-state index contributed by atoms with van der Waals surface area (Å²) in [6.45, 7) is 4.07. The summed E-state index contributed by atoms with van der Waals surface area (Å²) in [7, 11) is 4.32. The van der Waals surface area contributed by atoms with Crippen LogP contribution in [0.15, 0.2) is 83.4 Å². The number of hydrogen-bond donors (Lipinski definition) is 3. The third-order valence-corrected chi connectivity index (χ3v) is 10.4. The quantitative estimate of drug-likeness (QED) is 0.0904. The molecule has 1 unspecified atom stereocenters. The van der Waals surface area contributed by atoms with E-state index in [9.17, 15) is 24.0 Å². The van der Waals surface area contributed by atoms with Crippen LogP contribution in [0.25, 0.3) is 6.08 Å². The van der Waals surface area contributed by atoms with Crippen molar-refractivity contribution in [2.75, 3.05) is 38.5 Å². The first-order valence-corrected chi connectivity index (χ1v) is 17.9. The predicted octanol–water partition coefficient (Wildman–Crippen LogP) is 5.99. The summed E-state index contributed by atoms with van der Waals surface area (Å²) in [6.07, 6.45) is 2.02. The molecule has 0 saturated carbocycles. The second kappa shape index (κ2) is 17.1. The molecule has 3 N–H and O–H groups in total. The lowest BCUT2D eigenvalue weighted by atomic mass is 10.0. The van der Waals surface area contributed by atoms with Crippen molar-refractivity contribution < 1.29 is 38.2 Å². The highest BCUT2D eigenvalue weighted by Crippen LogP contribution is 2.38. The molecule has 4 aromatic rings. The van der Waals surface area contributed by atoms with E-state index >= 15 is 0 Å². The predicted molar refractivity (Wildman–Crippen MR) is 201 cm³/mol. The molecule has 1 aromatic heterocycles. The van der Waals surface area contributed by atoms with Gasteiger partial charge in [0.05, 0.1) is 38.7 Å². The maximum Gasteiger partial charge on any atom is 0.341 e. The molecule has 0 radical (unpaired) electrons. The third kappa shape index (κ3) is 9.00. The number of nitrogens with zero attached hydrogens (tertiary/aromatic N) is 1. The molecule has 14 heteroatoms. The number of carbonyl (C=O) groups excluding carboxylic acids is 5. The number of nitrogens with one attached hydrogen (secondary N) is 3. The van der Waals surface area contributed by atoms with Crippen molar-refractivity contribution in [3.63, 3.8) is 0 Å². The van der Waals surface area contributed by atoms with E-state index in [1.807, 2.05) is 6.07 Å². The summed E-state index contributed by atoms with van der Waals surface area (Å²) in [5.41, 5.74) is 2.48. The van der Waals surface area contributed by atoms with Crippen LogP contribution in [0.4, 0.5) is 10.7 Å². The van der Waals surface area contributed by atoms with E-state index in [-0.39, 0.29) is 17.5 Å². The molecule has 1 aliphatic rings. The van der Waals surface area contributed by atoms with E-state index in [2.05, 4.69) is 16.0 Å². The summed E-state index contributed by atoms with van der Waals surface area (Å²) in [4.78, 5) is 68.2. The number of thiophene rings is 1. The van der Waals surface area contributed by atoms with Crippen LogP contribution in [0.3, 0.4) is 0 Å². The first-order chi connectivity index (χ1) is 25.0. The Morgan fingerprint density at radius 2 is 1.65 bits per heavy atom. The van der Waals surface area contributed by atoms with Gasteiger partial charge in [0.15, 0.2) is 11.5 Å². The van der Waals surface area contributed by atoms with Gasteiger partial charge in [-0.15, -0.1) is 23.1 Å². The van der Waals surface area contributed by atoms with Crippen LogP contribution in [-0.4, -0.2) is 67.6 Å². The van der Waals surface area contributed by atoms with Gasteiger partial charge >= 0.3 is 5.97 Å². The van der Waals surface area contributed by atoms with Crippen molar-refractivity contribution in [1.82, 2.24) is 10.2 Å². The second-order valence-electron chi connectivity index (χ2n) is 11.6. The number of esters is 1. The zero-order chi connectivity index (χ0) is 37.4. The Morgan fingerprint density at radius 1 is 0.904 bits per heavy atom. The summed E-state index contributed by atoms with van der Waals surface area (Å²) < 4.78 is 15.8. The van der Waals surface area contributed by atoms with Crippen LogP contribution in [-0.2, 0) is 32.1 Å². The number of carbonyl (C=O) groups is 5. The molecule has 52 heavy (non-hydrogen) atoms. The molecule has 2 heterocycles. The normalized spacial score (nSPS) is 12.9. The minimum Gasteiger partial charge on any atom is -0.493 e. The van der Waals surface area contributed by atoms with Gasteiger partial charge in [0.25, 0.3) is 11.8 Å². The fourth-order valence-corrected chi connectivity index (χ4v) is 7.63. The molecule has 270 valence electrons. The Balaban J connectivity index is 1.32. The standard InChI is InChI=1S/C38H38N4O8S2/c1-22(34(44)41-37-33(38(47)50-5)28-16-17-42(23(2)43)21-32(28)52-37)51-27-13-9-12-26(20-27)39-36(46)29(40-35(45)25-10-7-6-8-11-25)18-24-14-15-30(48-3)31(19-24)49-4/h6-15,18-20,22H,16-17,21H2,1-5H3,(H,39,46)(H,40,45)(H,41,44)/b29-18+. The monoisotopic (exact) mass is 742 g/mol. The minimum atomic E-state index is -0.602. The van der Waals surface area contributed by atoms with Gasteiger partial charge in [0.2, 0.25) is 11.8 Å². The van der Waals surface area contributed by atoms with E-state index in [1.54, 1.807) is 78.6 Å². The van der Waals surface area contributed by atoms with Crippen LogP contribution in [0.5, 0.6) is 11.5 Å². The maximum absolute atomic E-state index is 13.7. The number of thioether (sulfide) groups is 1. The van der Waals surface area contributed by atoms with Crippen LogP contribution in [0, 0.1) is 0 Å². The van der Waals surface area contributed by atoms with Gasteiger partial charge in [-0.25, -0.2) is 4.79 Å². The largest absolute Gasteiger partial charge is 0.493 e. The summed E-state index contributed by atoms with van der Waals surface area (Å²) >= 11 is 2.53. The zero-order valence-corrected chi connectivity index (χ0v) is 30.9. The number of benzene rings is 3. The Morgan fingerprint density at radius 3 is 2.35 bits per heavy atom. The summed E-state index contributed by atoms with van der Waals surface area (Å²) in [5.74, 6) is -1.03. The third-order valence-electron chi connectivity index (χ3n) is 8.15. The van der Waals surface area contributed by atoms with Gasteiger partial charge in [0, 0.05) is 34.5 Å². The smallest absolute Gasteiger partial charge is 0.341 e. The molecular formula is C38H38N4O8S2. The molecule has 0 aliphatic carbocycles. The van der Waals surface area contributed by atoms with Crippen molar-refractivity contribution in [1.29, 1.82) is 0 Å². The topological polar surface area (TPSA) is 152 Å². The van der Waals surface area contributed by atoms with Crippen molar-refractivity contribution in [2.24, 2.45) is 0 Å². The van der Waals surface area contributed by atoms with Crippen molar-refractivity contribution in [3.8, 4) is 11.5 Å². The van der Waals surface area contributed by atoms with Gasteiger partial charge in [-0.3, -0.25) is 19.2 Å². The van der Waals surface area contributed by atoms with E-state index in [1.165, 1.54) is 57.4 Å². The first-order valence-electron chi connectivity index (χ1n) is 16.2. The Hall–Kier alpha value is -5.60. The van der Waals surface area contributed by atoms with E-state index < -0.39 is 23.0 Å². The second-order valence-corrected chi connectivity index (χ2v) is 14.1. The molecule has 1 aliphatic heterocycles. The molecule has 0 spiro atoms. The number of amides is 4. The van der Waals surface area contributed by atoms with Crippen molar-refractivity contribution in [2.45, 2.75) is 37.0 Å². The number of fused-ring (bicyclic) bond motifs is 1. The van der Waals surface area contributed by atoms with E-state index in [0.717, 1.165) is 10.4 Å². The van der Waals surface area contributed by atoms with Crippen LogP contribution < -0.4 is 25.4 Å². The number of rotatable bonds is 12. The Labute approximate surface area is 309 Å². The molecule has 1 atom stereocenters. The molecule has 12 nitrogen and oxygen atoms in total. The lowest BCUT2D eigenvalue weighted by Crippen LogP contribution is -2.33. The highest BCUT2D eigenvalue weighted by Gasteiger charge is 2.31. The van der Waals surface area contributed by atoms with Crippen molar-refractivity contribution in [3.05, 3.63) is 106 Å². The Kier molecular flexibility index (Phi) is 12.4. The molecule has 0 bridgehead atoms. The van der Waals surface area contributed by atoms with E-state index in [0.29, 0.717) is 63.3 Å². The van der Waals surface area contributed by atoms with Gasteiger partial charge in [-0.2, -0.15) is 0 Å². The molecule has 0 fully saturated rings. The van der Waals surface area contributed by atoms with Gasteiger partial charge < -0.3 is 35.1 Å². The molecule has 0 saturated heterocycles. The Bertz CT molecular complexity index is 2030. The van der Waals surface area contributed by atoms with Gasteiger partial charge in [-0.05, 0) is 73.0 Å². The number of ether oxygens (including phenoxy) is 3. The highest BCUT2D eigenvalue weighted by atomic mass is 32.2. The van der Waals surface area contributed by atoms with Crippen LogP contribution in [0.2, 0.25) is 0 Å². The maximum atomic E-state index is 13.7. The SMILES string of the molecule is COC(=O)c1c(NC(=O)C(C)Sc2cccc(NC(=O)/C(=C\c3ccc(OC)c(OC)c3)NC(=O)c3ccccc3)c2)sc2c1CCN(C(C)=O)C2. The van der Waals surface area contributed by atoms with E-state index in [4.69, 9.17) is 14.2 Å². The van der Waals surface area contributed by atoms with Crippen LogP contribution >= 0.6 is 23.1 Å². The minimum absolute atomic E-state index is 0.0154. The molecular weight excluding hydrogens is 705 g/mol. The number of methoxy groups -OCH3 is 3. The lowest BCUT2D eigenvalue weighted by Gasteiger charge is -2.25. The van der Waals surface area contributed by atoms with Crippen molar-refractivity contribution >= 4 is 69.5 Å². The molecule has 4 amide bonds. The fraction of sp³-hybridized carbons (Fsp3) is 0.237. The van der Waals surface area contributed by atoms with Crippen LogP contribution in [0.1, 0.15) is 50.6 Å². The number of anilines is 2. The molecule has 5 rings (SSSR count). The average molecular weight is 743 g/mol. The van der Waals surface area contributed by atoms with Gasteiger partial charge in [-0.1, -0.05) is 30.3 Å². The number of hydrogen-bond acceptors (Lipinski definition) is 10.